The fraction of sp³-hybridized carbons (Fsp3) is 0.273. The van der Waals surface area contributed by atoms with Gasteiger partial charge in [-0.3, -0.25) is 9.20 Å². The Morgan fingerprint density at radius 3 is 2.85 bits per heavy atom. The zero-order valence-corrected chi connectivity index (χ0v) is 11.6. The summed E-state index contributed by atoms with van der Waals surface area (Å²) in [6, 6.07) is 4.40. The summed E-state index contributed by atoms with van der Waals surface area (Å²) >= 11 is 0. The topological polar surface area (TPSA) is 133 Å². The molecule has 2 rings (SSSR count). The molecule has 0 aliphatic rings. The van der Waals surface area contributed by atoms with Crippen LogP contribution in [-0.2, 0) is 14.8 Å². The van der Waals surface area contributed by atoms with Crippen LogP contribution in [0.4, 0.5) is 5.82 Å². The van der Waals surface area contributed by atoms with Gasteiger partial charge in [0.2, 0.25) is 5.91 Å². The molecule has 0 spiro atoms. The molecule has 1 amide bonds. The molecule has 8 nitrogen and oxygen atoms in total. The van der Waals surface area contributed by atoms with Crippen LogP contribution in [0, 0.1) is 0 Å². The molecule has 0 fully saturated rings. The van der Waals surface area contributed by atoms with E-state index in [1.807, 2.05) is 0 Å². The molecule has 20 heavy (non-hydrogen) atoms. The van der Waals surface area contributed by atoms with Gasteiger partial charge in [0.15, 0.2) is 10.8 Å². The van der Waals surface area contributed by atoms with E-state index in [0.29, 0.717) is 5.65 Å². The second-order valence-electron chi connectivity index (χ2n) is 4.42. The number of sulfonamides is 1. The van der Waals surface area contributed by atoms with Crippen molar-refractivity contribution in [3.8, 4) is 0 Å². The first-order chi connectivity index (χ1) is 9.31. The van der Waals surface area contributed by atoms with Gasteiger partial charge in [-0.15, -0.1) is 0 Å². The summed E-state index contributed by atoms with van der Waals surface area (Å²) in [5, 5.41) is -0.149. The molecule has 0 aliphatic heterocycles. The molecule has 2 aromatic rings. The number of pyridine rings is 1. The second kappa shape index (κ2) is 5.10. The Hall–Kier alpha value is -2.13. The van der Waals surface area contributed by atoms with Crippen molar-refractivity contribution in [2.45, 2.75) is 24.4 Å². The standard InChI is InChI=1S/C11H15N5O3S/c1-7(6-8(12)17)15-20(18,19)11-10(13)14-9-4-2-3-5-16(9)11/h2-5,7,15H,6,13H2,1H3,(H2,12,17). The number of rotatable bonds is 5. The minimum Gasteiger partial charge on any atom is -0.381 e. The number of nitrogens with one attached hydrogen (secondary N) is 1. The average molecular weight is 297 g/mol. The fourth-order valence-electron chi connectivity index (χ4n) is 1.92. The highest BCUT2D eigenvalue weighted by molar-refractivity contribution is 7.89. The number of nitrogens with zero attached hydrogens (tertiary/aromatic N) is 2. The van der Waals surface area contributed by atoms with Crippen molar-refractivity contribution in [3.05, 3.63) is 24.4 Å². The smallest absolute Gasteiger partial charge is 0.260 e. The van der Waals surface area contributed by atoms with E-state index in [4.69, 9.17) is 11.5 Å². The predicted octanol–water partition coefficient (Wildman–Crippen LogP) is -0.541. The van der Waals surface area contributed by atoms with Gasteiger partial charge in [-0.25, -0.2) is 18.1 Å². The molecule has 0 aromatic carbocycles. The van der Waals surface area contributed by atoms with Gasteiger partial charge in [0.05, 0.1) is 0 Å². The van der Waals surface area contributed by atoms with E-state index in [-0.39, 0.29) is 17.3 Å². The van der Waals surface area contributed by atoms with E-state index in [2.05, 4.69) is 9.71 Å². The predicted molar refractivity (Wildman–Crippen MR) is 73.2 cm³/mol. The first-order valence-corrected chi connectivity index (χ1v) is 7.33. The first kappa shape index (κ1) is 14.3. The van der Waals surface area contributed by atoms with E-state index < -0.39 is 22.0 Å². The van der Waals surface area contributed by atoms with E-state index in [0.717, 1.165) is 0 Å². The third kappa shape index (κ3) is 2.73. The van der Waals surface area contributed by atoms with Crippen LogP contribution in [0.1, 0.15) is 13.3 Å². The number of nitrogens with two attached hydrogens (primary N) is 2. The fourth-order valence-corrected chi connectivity index (χ4v) is 3.38. The zero-order valence-electron chi connectivity index (χ0n) is 10.8. The molecule has 2 heterocycles. The van der Waals surface area contributed by atoms with Gasteiger partial charge in [-0.2, -0.15) is 0 Å². The Balaban J connectivity index is 2.42. The molecule has 1 unspecified atom stereocenters. The lowest BCUT2D eigenvalue weighted by atomic mass is 10.2. The molecule has 108 valence electrons. The number of hydrogen-bond donors (Lipinski definition) is 3. The van der Waals surface area contributed by atoms with Gasteiger partial charge in [-0.05, 0) is 19.1 Å². The highest BCUT2D eigenvalue weighted by atomic mass is 32.2. The lowest BCUT2D eigenvalue weighted by Gasteiger charge is -2.12. The number of carbonyl (C=O) groups is 1. The molecule has 0 aliphatic carbocycles. The summed E-state index contributed by atoms with van der Waals surface area (Å²) in [5.74, 6) is -0.693. The number of imidazole rings is 1. The lowest BCUT2D eigenvalue weighted by Crippen LogP contribution is -2.36. The Morgan fingerprint density at radius 2 is 2.20 bits per heavy atom. The van der Waals surface area contributed by atoms with Crippen molar-refractivity contribution in [1.29, 1.82) is 0 Å². The van der Waals surface area contributed by atoms with E-state index in [1.165, 1.54) is 4.40 Å². The van der Waals surface area contributed by atoms with Crippen LogP contribution in [0.2, 0.25) is 0 Å². The minimum absolute atomic E-state index is 0.101. The molecule has 0 bridgehead atoms. The van der Waals surface area contributed by atoms with Crippen molar-refractivity contribution in [2.24, 2.45) is 5.73 Å². The van der Waals surface area contributed by atoms with Crippen molar-refractivity contribution in [1.82, 2.24) is 14.1 Å². The first-order valence-electron chi connectivity index (χ1n) is 5.84. The van der Waals surface area contributed by atoms with Crippen LogP contribution < -0.4 is 16.2 Å². The van der Waals surface area contributed by atoms with Crippen LogP contribution >= 0.6 is 0 Å². The average Bonchev–Trinajstić information content (AvgIpc) is 2.62. The molecular weight excluding hydrogens is 282 g/mol. The molecule has 0 radical (unpaired) electrons. The van der Waals surface area contributed by atoms with Crippen molar-refractivity contribution in [2.75, 3.05) is 5.73 Å². The largest absolute Gasteiger partial charge is 0.381 e. The molecule has 9 heteroatoms. The van der Waals surface area contributed by atoms with Crippen LogP contribution in [-0.4, -0.2) is 29.8 Å². The Bertz CT molecular complexity index is 753. The van der Waals surface area contributed by atoms with Crippen LogP contribution in [0.25, 0.3) is 5.65 Å². The van der Waals surface area contributed by atoms with Gasteiger partial charge in [0.25, 0.3) is 10.0 Å². The SMILES string of the molecule is CC(CC(N)=O)NS(=O)(=O)c1c(N)nc2ccccn12. The molecule has 0 saturated carbocycles. The monoisotopic (exact) mass is 297 g/mol. The number of primary amides is 1. The number of hydrogen-bond acceptors (Lipinski definition) is 5. The van der Waals surface area contributed by atoms with Gasteiger partial charge in [0.1, 0.15) is 5.65 Å². The maximum atomic E-state index is 12.3. The normalized spacial score (nSPS) is 13.4. The second-order valence-corrected chi connectivity index (χ2v) is 6.05. The molecule has 5 N–H and O–H groups in total. The van der Waals surface area contributed by atoms with Crippen molar-refractivity contribution < 1.29 is 13.2 Å². The molecular formula is C11H15N5O3S. The Morgan fingerprint density at radius 1 is 1.50 bits per heavy atom. The molecule has 1 atom stereocenters. The van der Waals surface area contributed by atoms with E-state index >= 15 is 0 Å². The Kier molecular flexibility index (Phi) is 3.64. The van der Waals surface area contributed by atoms with Gasteiger partial charge in [-0.1, -0.05) is 6.07 Å². The van der Waals surface area contributed by atoms with E-state index in [1.54, 1.807) is 31.3 Å². The summed E-state index contributed by atoms with van der Waals surface area (Å²) in [7, 11) is -3.90. The summed E-state index contributed by atoms with van der Waals surface area (Å²) in [6.07, 6.45) is 1.45. The Labute approximate surface area is 115 Å². The number of fused-ring (bicyclic) bond motifs is 1. The maximum absolute atomic E-state index is 12.3. The third-order valence-electron chi connectivity index (χ3n) is 2.63. The number of nitrogen functional groups attached to an aromatic ring is 1. The highest BCUT2D eigenvalue weighted by Gasteiger charge is 2.25. The summed E-state index contributed by atoms with van der Waals surface area (Å²) < 4.78 is 28.4. The number of aromatic nitrogens is 2. The van der Waals surface area contributed by atoms with Crippen molar-refractivity contribution >= 4 is 27.4 Å². The van der Waals surface area contributed by atoms with Crippen molar-refractivity contribution in [3.63, 3.8) is 0 Å². The summed E-state index contributed by atoms with van der Waals surface area (Å²) in [5.41, 5.74) is 11.1. The third-order valence-corrected chi connectivity index (χ3v) is 4.26. The molecule has 2 aromatic heterocycles. The quantitative estimate of drug-likeness (QED) is 0.681. The number of carbonyl (C=O) groups excluding carboxylic acids is 1. The van der Waals surface area contributed by atoms with Crippen LogP contribution in [0.15, 0.2) is 29.4 Å². The number of anilines is 1. The molecule has 0 saturated heterocycles. The zero-order chi connectivity index (χ0) is 14.9. The van der Waals surface area contributed by atoms with E-state index in [9.17, 15) is 13.2 Å². The summed E-state index contributed by atoms with van der Waals surface area (Å²) in [6.45, 7) is 1.54. The maximum Gasteiger partial charge on any atom is 0.260 e. The highest BCUT2D eigenvalue weighted by Crippen LogP contribution is 2.20. The van der Waals surface area contributed by atoms with Gasteiger partial charge in [0, 0.05) is 18.7 Å². The van der Waals surface area contributed by atoms with Gasteiger partial charge < -0.3 is 11.5 Å². The summed E-state index contributed by atoms with van der Waals surface area (Å²) in [4.78, 5) is 14.8. The lowest BCUT2D eigenvalue weighted by molar-refractivity contribution is -0.118. The van der Waals surface area contributed by atoms with Gasteiger partial charge >= 0.3 is 0 Å². The van der Waals surface area contributed by atoms with Crippen LogP contribution in [0.3, 0.4) is 0 Å². The minimum atomic E-state index is -3.90. The number of amides is 1. The van der Waals surface area contributed by atoms with Crippen LogP contribution in [0.5, 0.6) is 0 Å².